The van der Waals surface area contributed by atoms with Crippen LogP contribution in [-0.4, -0.2) is 22.4 Å². The number of carbonyl (C=O) groups excluding carboxylic acids is 1. The predicted molar refractivity (Wildman–Crippen MR) is 99.7 cm³/mol. The summed E-state index contributed by atoms with van der Waals surface area (Å²) in [6.07, 6.45) is 6.18. The van der Waals surface area contributed by atoms with Gasteiger partial charge in [0.25, 0.3) is 0 Å². The van der Waals surface area contributed by atoms with Gasteiger partial charge in [-0.15, -0.1) is 0 Å². The highest BCUT2D eigenvalue weighted by atomic mass is 16.2. The Morgan fingerprint density at radius 2 is 1.77 bits per heavy atom. The molecule has 26 heavy (non-hydrogen) atoms. The summed E-state index contributed by atoms with van der Waals surface area (Å²) in [6, 6.07) is 19.9. The number of fused-ring (bicyclic) bond motifs is 1. The monoisotopic (exact) mass is 343 g/mol. The molecule has 0 atom stereocenters. The van der Waals surface area contributed by atoms with E-state index in [4.69, 9.17) is 0 Å². The molecule has 0 saturated carbocycles. The number of hydrogen-bond acceptors (Lipinski definition) is 2. The number of hydrogen-bond donors (Lipinski definition) is 2. The first-order chi connectivity index (χ1) is 12.8. The number of aromatic amines is 1. The summed E-state index contributed by atoms with van der Waals surface area (Å²) < 4.78 is 1.88. The summed E-state index contributed by atoms with van der Waals surface area (Å²) in [5.41, 5.74) is 4.05. The van der Waals surface area contributed by atoms with E-state index in [2.05, 4.69) is 27.4 Å². The molecule has 3 aromatic heterocycles. The molecule has 1 aromatic carbocycles. The zero-order chi connectivity index (χ0) is 17.8. The van der Waals surface area contributed by atoms with E-state index in [1.165, 1.54) is 5.56 Å². The Balaban J connectivity index is 1.59. The van der Waals surface area contributed by atoms with Crippen LogP contribution < -0.4 is 9.72 Å². The van der Waals surface area contributed by atoms with Crippen LogP contribution in [0.3, 0.4) is 0 Å². The highest BCUT2D eigenvalue weighted by molar-refractivity contribution is 5.91. The lowest BCUT2D eigenvalue weighted by Crippen LogP contribution is -2.35. The Hall–Kier alpha value is -3.47. The second kappa shape index (κ2) is 7.19. The molecule has 1 amide bonds. The second-order valence-electron chi connectivity index (χ2n) is 6.03. The molecule has 4 rings (SSSR count). The Bertz CT molecular complexity index is 1030. The fraction of sp³-hybridized carbons (Fsp3) is 0.0952. The van der Waals surface area contributed by atoms with Crippen LogP contribution >= 0.6 is 0 Å². The topological polar surface area (TPSA) is 61.9 Å². The van der Waals surface area contributed by atoms with Crippen LogP contribution in [0.15, 0.2) is 79.3 Å². The number of carbonyl (C=O) groups is 1. The maximum Gasteiger partial charge on any atom is 0.351 e. The fourth-order valence-electron chi connectivity index (χ4n) is 3.04. The molecule has 0 radical (unpaired) electrons. The number of aromatic nitrogens is 3. The van der Waals surface area contributed by atoms with Crippen molar-refractivity contribution in [3.63, 3.8) is 0 Å². The number of amides is 1. The summed E-state index contributed by atoms with van der Waals surface area (Å²) in [5.74, 6) is 0.392. The number of nitrogens with zero attached hydrogens (tertiary/aromatic N) is 2. The minimum atomic E-state index is -0.123. The molecule has 0 aliphatic heterocycles. The van der Waals surface area contributed by atoms with E-state index in [0.29, 0.717) is 12.4 Å². The van der Waals surface area contributed by atoms with Gasteiger partial charge in [0.2, 0.25) is 0 Å². The van der Waals surface area contributed by atoms with Crippen molar-refractivity contribution < 1.29 is 9.20 Å². The van der Waals surface area contributed by atoms with Gasteiger partial charge in [-0.2, -0.15) is 4.40 Å². The van der Waals surface area contributed by atoms with Crippen LogP contribution in [0.4, 0.5) is 0 Å². The van der Waals surface area contributed by atoms with Crippen molar-refractivity contribution in [2.24, 2.45) is 0 Å². The molecule has 0 saturated heterocycles. The molecule has 0 unspecified atom stereocenters. The Morgan fingerprint density at radius 3 is 2.58 bits per heavy atom. The van der Waals surface area contributed by atoms with Gasteiger partial charge in [0, 0.05) is 24.5 Å². The lowest BCUT2D eigenvalue weighted by Gasteiger charge is -2.02. The van der Waals surface area contributed by atoms with Gasteiger partial charge in [-0.25, -0.2) is 4.98 Å². The van der Waals surface area contributed by atoms with Gasteiger partial charge in [0.05, 0.1) is 6.20 Å². The normalized spacial score (nSPS) is 10.8. The molecule has 0 aliphatic carbocycles. The van der Waals surface area contributed by atoms with E-state index in [1.807, 2.05) is 59.1 Å². The van der Waals surface area contributed by atoms with Crippen LogP contribution in [0.5, 0.6) is 0 Å². The van der Waals surface area contributed by atoms with Crippen LogP contribution in [0, 0.1) is 0 Å². The van der Waals surface area contributed by atoms with Gasteiger partial charge in [-0.1, -0.05) is 36.4 Å². The molecule has 5 heteroatoms. The minimum absolute atomic E-state index is 0.123. The van der Waals surface area contributed by atoms with E-state index in [1.54, 1.807) is 12.4 Å². The van der Waals surface area contributed by atoms with Gasteiger partial charge >= 0.3 is 11.7 Å². The van der Waals surface area contributed by atoms with Crippen LogP contribution in [0.1, 0.15) is 16.2 Å². The number of H-pyrrole nitrogens is 1. The third kappa shape index (κ3) is 3.19. The van der Waals surface area contributed by atoms with Gasteiger partial charge in [-0.3, -0.25) is 9.78 Å². The molecular weight excluding hydrogens is 324 g/mol. The first kappa shape index (κ1) is 16.0. The number of nitrogens with one attached hydrogen (secondary N) is 2. The Labute approximate surface area is 151 Å². The predicted octanol–water partition coefficient (Wildman–Crippen LogP) is 2.79. The molecule has 5 nitrogen and oxygen atoms in total. The molecule has 3 heterocycles. The molecular formula is C21H19N4O+. The third-order valence-corrected chi connectivity index (χ3v) is 4.33. The summed E-state index contributed by atoms with van der Waals surface area (Å²) in [7, 11) is 0. The van der Waals surface area contributed by atoms with Gasteiger partial charge in [0.1, 0.15) is 0 Å². The van der Waals surface area contributed by atoms with Gasteiger partial charge in [0.15, 0.2) is 11.2 Å². The molecule has 0 spiro atoms. The van der Waals surface area contributed by atoms with E-state index < -0.39 is 0 Å². The summed E-state index contributed by atoms with van der Waals surface area (Å²) >= 11 is 0. The van der Waals surface area contributed by atoms with Crippen molar-refractivity contribution in [3.8, 4) is 11.3 Å². The number of imidazole rings is 1. The largest absolute Gasteiger partial charge is 0.351 e. The van der Waals surface area contributed by atoms with Crippen LogP contribution in [0.2, 0.25) is 0 Å². The van der Waals surface area contributed by atoms with Crippen molar-refractivity contribution in [1.29, 1.82) is 0 Å². The third-order valence-electron chi connectivity index (χ3n) is 4.33. The average molecular weight is 343 g/mol. The Morgan fingerprint density at radius 1 is 1.00 bits per heavy atom. The van der Waals surface area contributed by atoms with Crippen molar-refractivity contribution in [3.05, 3.63) is 90.6 Å². The quantitative estimate of drug-likeness (QED) is 0.547. The van der Waals surface area contributed by atoms with Crippen molar-refractivity contribution >= 4 is 11.4 Å². The number of benzene rings is 1. The van der Waals surface area contributed by atoms with E-state index in [0.717, 1.165) is 23.2 Å². The molecule has 0 fully saturated rings. The number of pyridine rings is 2. The first-order valence-corrected chi connectivity index (χ1v) is 8.58. The highest BCUT2D eigenvalue weighted by Crippen LogP contribution is 2.20. The molecule has 0 bridgehead atoms. The van der Waals surface area contributed by atoms with Crippen molar-refractivity contribution in [2.75, 3.05) is 6.54 Å². The van der Waals surface area contributed by atoms with Crippen molar-refractivity contribution in [2.45, 2.75) is 6.42 Å². The Kier molecular flexibility index (Phi) is 4.43. The average Bonchev–Trinajstić information content (AvgIpc) is 3.09. The lowest BCUT2D eigenvalue weighted by atomic mass is 10.1. The van der Waals surface area contributed by atoms with E-state index >= 15 is 0 Å². The summed E-state index contributed by atoms with van der Waals surface area (Å²) in [5, 5.41) is 3.00. The van der Waals surface area contributed by atoms with Crippen molar-refractivity contribution in [1.82, 2.24) is 15.3 Å². The number of rotatable bonds is 5. The maximum absolute atomic E-state index is 12.7. The molecule has 4 aromatic rings. The lowest BCUT2D eigenvalue weighted by molar-refractivity contribution is -0.513. The summed E-state index contributed by atoms with van der Waals surface area (Å²) in [4.78, 5) is 20.1. The highest BCUT2D eigenvalue weighted by Gasteiger charge is 2.24. The molecule has 0 aliphatic rings. The zero-order valence-corrected chi connectivity index (χ0v) is 14.2. The first-order valence-electron chi connectivity index (χ1n) is 8.58. The standard InChI is InChI=1S/C21H18N4O/c26-21(23-14-9-16-6-2-1-3-7-16)20-24-19(17-10-12-22-13-11-17)18-8-4-5-15-25(18)20/h1-8,10-13,15H,9,14H2,(H,23,26)/p+1. The molecule has 128 valence electrons. The van der Waals surface area contributed by atoms with E-state index in [9.17, 15) is 4.79 Å². The molecule has 2 N–H and O–H groups in total. The van der Waals surface area contributed by atoms with Gasteiger partial charge < -0.3 is 5.32 Å². The second-order valence-corrected chi connectivity index (χ2v) is 6.03. The van der Waals surface area contributed by atoms with E-state index in [-0.39, 0.29) is 5.91 Å². The SMILES string of the molecule is O=C(NCCc1ccccc1)c1[nH]c(-c2ccncc2)c2cccc[n+]12. The fourth-order valence-corrected chi connectivity index (χ4v) is 3.04. The smallest absolute Gasteiger partial charge is 0.345 e. The zero-order valence-electron chi connectivity index (χ0n) is 14.2. The minimum Gasteiger partial charge on any atom is -0.345 e. The van der Waals surface area contributed by atoms with Crippen LogP contribution in [0.25, 0.3) is 16.8 Å². The maximum atomic E-state index is 12.7. The van der Waals surface area contributed by atoms with Gasteiger partial charge in [-0.05, 0) is 36.2 Å². The summed E-state index contributed by atoms with van der Waals surface area (Å²) in [6.45, 7) is 0.585. The van der Waals surface area contributed by atoms with Crippen LogP contribution in [-0.2, 0) is 6.42 Å².